The van der Waals surface area contributed by atoms with Crippen LogP contribution in [0.2, 0.25) is 0 Å². The van der Waals surface area contributed by atoms with Crippen molar-refractivity contribution in [1.82, 2.24) is 15.0 Å². The minimum Gasteiger partial charge on any atom is -0.271 e. The summed E-state index contributed by atoms with van der Waals surface area (Å²) < 4.78 is 3.90. The molecule has 0 amide bonds. The van der Waals surface area contributed by atoms with Crippen molar-refractivity contribution in [3.63, 3.8) is 0 Å². The molecule has 0 aliphatic carbocycles. The molecular formula is C7H14N4S. The van der Waals surface area contributed by atoms with Gasteiger partial charge in [-0.2, -0.15) is 0 Å². The van der Waals surface area contributed by atoms with E-state index in [0.717, 1.165) is 10.6 Å². The summed E-state index contributed by atoms with van der Waals surface area (Å²) >= 11 is 1.40. The zero-order chi connectivity index (χ0) is 9.19. The van der Waals surface area contributed by atoms with Crippen LogP contribution in [0.1, 0.15) is 31.3 Å². The molecule has 0 atom stereocenters. The van der Waals surface area contributed by atoms with Gasteiger partial charge in [0.1, 0.15) is 0 Å². The number of nitrogens with one attached hydrogen (secondary N) is 1. The highest BCUT2D eigenvalue weighted by atomic mass is 32.1. The quantitative estimate of drug-likeness (QED) is 0.529. The molecular weight excluding hydrogens is 172 g/mol. The topological polar surface area (TPSA) is 63.8 Å². The SMILES string of the molecule is CC(C)(C)c1nnsc1CNN. The molecule has 1 aromatic rings. The van der Waals surface area contributed by atoms with Crippen molar-refractivity contribution in [2.45, 2.75) is 32.7 Å². The Labute approximate surface area is 76.3 Å². The van der Waals surface area contributed by atoms with E-state index in [-0.39, 0.29) is 5.41 Å². The molecule has 1 heterocycles. The first kappa shape index (κ1) is 9.57. The molecule has 0 saturated carbocycles. The van der Waals surface area contributed by atoms with Gasteiger partial charge in [-0.1, -0.05) is 25.3 Å². The zero-order valence-corrected chi connectivity index (χ0v) is 8.40. The van der Waals surface area contributed by atoms with Crippen LogP contribution in [0.25, 0.3) is 0 Å². The normalized spacial score (nSPS) is 12.0. The molecule has 0 unspecified atom stereocenters. The Morgan fingerprint density at radius 1 is 1.50 bits per heavy atom. The minimum absolute atomic E-state index is 0.0547. The summed E-state index contributed by atoms with van der Waals surface area (Å²) in [5.41, 5.74) is 3.70. The molecule has 4 nitrogen and oxygen atoms in total. The standard InChI is InChI=1S/C7H14N4S/c1-7(2,3)6-5(4-9-8)12-11-10-6/h9H,4,8H2,1-3H3. The van der Waals surface area contributed by atoms with Gasteiger partial charge in [0.15, 0.2) is 0 Å². The molecule has 0 radical (unpaired) electrons. The second-order valence-corrected chi connectivity index (χ2v) is 4.51. The molecule has 0 spiro atoms. The van der Waals surface area contributed by atoms with Crippen molar-refractivity contribution in [1.29, 1.82) is 0 Å². The molecule has 0 aliphatic rings. The molecule has 0 aromatic carbocycles. The van der Waals surface area contributed by atoms with Crippen molar-refractivity contribution in [3.05, 3.63) is 10.6 Å². The summed E-state index contributed by atoms with van der Waals surface area (Å²) in [5.74, 6) is 5.23. The van der Waals surface area contributed by atoms with E-state index in [0.29, 0.717) is 6.54 Å². The van der Waals surface area contributed by atoms with Crippen molar-refractivity contribution in [3.8, 4) is 0 Å². The Balaban J connectivity index is 2.91. The lowest BCUT2D eigenvalue weighted by Crippen LogP contribution is -2.23. The molecule has 0 saturated heterocycles. The third-order valence-corrected chi connectivity index (χ3v) is 2.25. The van der Waals surface area contributed by atoms with E-state index in [1.165, 1.54) is 11.5 Å². The number of rotatable bonds is 2. The van der Waals surface area contributed by atoms with E-state index in [2.05, 4.69) is 35.8 Å². The van der Waals surface area contributed by atoms with E-state index < -0.39 is 0 Å². The first-order valence-electron chi connectivity index (χ1n) is 3.81. The molecule has 0 fully saturated rings. The molecule has 12 heavy (non-hydrogen) atoms. The molecule has 68 valence electrons. The number of nitrogens with zero attached hydrogens (tertiary/aromatic N) is 2. The van der Waals surface area contributed by atoms with E-state index in [1.807, 2.05) is 0 Å². The van der Waals surface area contributed by atoms with Crippen molar-refractivity contribution in [2.75, 3.05) is 0 Å². The maximum Gasteiger partial charge on any atom is 0.0854 e. The molecule has 1 rings (SSSR count). The summed E-state index contributed by atoms with van der Waals surface area (Å²) in [6, 6.07) is 0. The predicted molar refractivity (Wildman–Crippen MR) is 49.6 cm³/mol. The van der Waals surface area contributed by atoms with Crippen LogP contribution in [0, 0.1) is 0 Å². The Morgan fingerprint density at radius 3 is 2.67 bits per heavy atom. The summed E-state index contributed by atoms with van der Waals surface area (Å²) in [5, 5.41) is 4.08. The van der Waals surface area contributed by atoms with Gasteiger partial charge >= 0.3 is 0 Å². The van der Waals surface area contributed by atoms with E-state index in [4.69, 9.17) is 5.84 Å². The highest BCUT2D eigenvalue weighted by Crippen LogP contribution is 2.25. The van der Waals surface area contributed by atoms with E-state index in [9.17, 15) is 0 Å². The molecule has 3 N–H and O–H groups in total. The van der Waals surface area contributed by atoms with Gasteiger partial charge in [-0.25, -0.2) is 0 Å². The van der Waals surface area contributed by atoms with Crippen molar-refractivity contribution >= 4 is 11.5 Å². The lowest BCUT2D eigenvalue weighted by molar-refractivity contribution is 0.555. The van der Waals surface area contributed by atoms with Crippen LogP contribution in [0.3, 0.4) is 0 Å². The monoisotopic (exact) mass is 186 g/mol. The van der Waals surface area contributed by atoms with E-state index in [1.54, 1.807) is 0 Å². The minimum atomic E-state index is 0.0547. The number of hydrogen-bond donors (Lipinski definition) is 2. The Hall–Kier alpha value is -0.520. The van der Waals surface area contributed by atoms with Crippen LogP contribution in [0.5, 0.6) is 0 Å². The largest absolute Gasteiger partial charge is 0.271 e. The van der Waals surface area contributed by atoms with Crippen LogP contribution in [0.15, 0.2) is 0 Å². The molecule has 0 aliphatic heterocycles. The van der Waals surface area contributed by atoms with Gasteiger partial charge < -0.3 is 0 Å². The summed E-state index contributed by atoms with van der Waals surface area (Å²) in [6.45, 7) is 6.99. The first-order chi connectivity index (χ1) is 5.55. The highest BCUT2D eigenvalue weighted by molar-refractivity contribution is 7.05. The van der Waals surface area contributed by atoms with Gasteiger partial charge in [0, 0.05) is 12.0 Å². The number of hydrogen-bond acceptors (Lipinski definition) is 5. The van der Waals surface area contributed by atoms with Gasteiger partial charge in [-0.3, -0.25) is 11.3 Å². The Kier molecular flexibility index (Phi) is 2.76. The second-order valence-electron chi connectivity index (χ2n) is 3.68. The maximum atomic E-state index is 5.23. The van der Waals surface area contributed by atoms with Crippen LogP contribution >= 0.6 is 11.5 Å². The van der Waals surface area contributed by atoms with Crippen molar-refractivity contribution in [2.24, 2.45) is 5.84 Å². The average molecular weight is 186 g/mol. The van der Waals surface area contributed by atoms with Gasteiger partial charge in [0.05, 0.1) is 10.6 Å². The zero-order valence-electron chi connectivity index (χ0n) is 7.59. The second kappa shape index (κ2) is 3.47. The third kappa shape index (κ3) is 2.00. The third-order valence-electron chi connectivity index (χ3n) is 1.53. The Bertz CT molecular complexity index is 250. The molecule has 0 bridgehead atoms. The highest BCUT2D eigenvalue weighted by Gasteiger charge is 2.21. The summed E-state index contributed by atoms with van der Waals surface area (Å²) in [6.07, 6.45) is 0. The smallest absolute Gasteiger partial charge is 0.0854 e. The van der Waals surface area contributed by atoms with Crippen LogP contribution < -0.4 is 11.3 Å². The number of aromatic nitrogens is 2. The van der Waals surface area contributed by atoms with E-state index >= 15 is 0 Å². The number of nitrogens with two attached hydrogens (primary N) is 1. The van der Waals surface area contributed by atoms with Crippen LogP contribution in [0.4, 0.5) is 0 Å². The van der Waals surface area contributed by atoms with Crippen molar-refractivity contribution < 1.29 is 0 Å². The average Bonchev–Trinajstić information content (AvgIpc) is 2.34. The maximum absolute atomic E-state index is 5.23. The van der Waals surface area contributed by atoms with Gasteiger partial charge in [0.2, 0.25) is 0 Å². The number of hydrazine groups is 1. The lowest BCUT2D eigenvalue weighted by atomic mass is 9.91. The predicted octanol–water partition coefficient (Wildman–Crippen LogP) is 0.799. The van der Waals surface area contributed by atoms with Gasteiger partial charge in [-0.15, -0.1) is 5.10 Å². The molecule has 1 aromatic heterocycles. The molecule has 5 heteroatoms. The Morgan fingerprint density at radius 2 is 2.17 bits per heavy atom. The van der Waals surface area contributed by atoms with Crippen LogP contribution in [-0.2, 0) is 12.0 Å². The fraction of sp³-hybridized carbons (Fsp3) is 0.714. The lowest BCUT2D eigenvalue weighted by Gasteiger charge is -2.15. The first-order valence-corrected chi connectivity index (χ1v) is 4.58. The van der Waals surface area contributed by atoms with Gasteiger partial charge in [0.25, 0.3) is 0 Å². The summed E-state index contributed by atoms with van der Waals surface area (Å²) in [7, 11) is 0. The van der Waals surface area contributed by atoms with Gasteiger partial charge in [-0.05, 0) is 11.5 Å². The summed E-state index contributed by atoms with van der Waals surface area (Å²) in [4.78, 5) is 1.12. The van der Waals surface area contributed by atoms with Crippen LogP contribution in [-0.4, -0.2) is 9.59 Å². The fourth-order valence-electron chi connectivity index (χ4n) is 0.986. The fourth-order valence-corrected chi connectivity index (χ4v) is 1.79.